The number of hydrogen-bond donors (Lipinski definition) is 6. The van der Waals surface area contributed by atoms with E-state index in [2.05, 4.69) is 51.9 Å². The maximum absolute atomic E-state index is 15.0. The van der Waals surface area contributed by atoms with Crippen molar-refractivity contribution in [3.05, 3.63) is 159 Å². The van der Waals surface area contributed by atoms with Gasteiger partial charge in [-0.3, -0.25) is 28.9 Å². The summed E-state index contributed by atoms with van der Waals surface area (Å²) >= 11 is 7.92. The summed E-state index contributed by atoms with van der Waals surface area (Å²) in [4.78, 5) is 74.0. The van der Waals surface area contributed by atoms with Gasteiger partial charge in [0.25, 0.3) is 5.91 Å². The number of halogens is 3. The third-order valence-electron chi connectivity index (χ3n) is 14.0. The third kappa shape index (κ3) is 16.3. The molecule has 5 heterocycles. The number of benzene rings is 4. The number of likely N-dealkylation sites (tertiary alicyclic amines) is 1. The molecule has 6 N–H and O–H groups in total. The predicted octanol–water partition coefficient (Wildman–Crippen LogP) is 6.57. The van der Waals surface area contributed by atoms with Gasteiger partial charge in [-0.2, -0.15) is 0 Å². The summed E-state index contributed by atoms with van der Waals surface area (Å²) in [5, 5.41) is 34.2. The number of anilines is 2. The zero-order chi connectivity index (χ0) is 60.0. The van der Waals surface area contributed by atoms with Crippen LogP contribution in [0.2, 0.25) is 5.02 Å². The molecule has 4 amide bonds. The van der Waals surface area contributed by atoms with Gasteiger partial charge < -0.3 is 50.8 Å². The molecule has 7 aromatic rings. The largest absolute Gasteiger partial charge is 0.391 e. The molecule has 9 rings (SSSR count). The first-order valence-electron chi connectivity index (χ1n) is 27.7. The van der Waals surface area contributed by atoms with E-state index in [0.29, 0.717) is 77.2 Å². The summed E-state index contributed by atoms with van der Waals surface area (Å²) in [5.41, 5.74) is 7.75. The second-order valence-electron chi connectivity index (χ2n) is 21.4. The Balaban J connectivity index is 0.614. The van der Waals surface area contributed by atoms with Crippen LogP contribution in [0.1, 0.15) is 71.2 Å². The van der Waals surface area contributed by atoms with Gasteiger partial charge in [0, 0.05) is 78.3 Å². The van der Waals surface area contributed by atoms with Crippen molar-refractivity contribution in [2.75, 3.05) is 64.5 Å². The van der Waals surface area contributed by atoms with E-state index in [4.69, 9.17) is 30.8 Å². The Hall–Kier alpha value is -7.97. The number of aryl methyl sites for hydroxylation is 1. The minimum absolute atomic E-state index is 0.0292. The van der Waals surface area contributed by atoms with E-state index >= 15 is 0 Å². The molecule has 3 aromatic heterocycles. The van der Waals surface area contributed by atoms with Crippen molar-refractivity contribution in [2.45, 2.75) is 78.5 Å². The van der Waals surface area contributed by atoms with Gasteiger partial charge in [-0.25, -0.2) is 23.7 Å². The number of nitrogens with zero attached hydrogens (tertiary/aromatic N) is 8. The van der Waals surface area contributed by atoms with Gasteiger partial charge in [-0.05, 0) is 72.0 Å². The summed E-state index contributed by atoms with van der Waals surface area (Å²) < 4.78 is 48.6. The summed E-state index contributed by atoms with van der Waals surface area (Å²) in [6.45, 7) is 10.6. The van der Waals surface area contributed by atoms with Gasteiger partial charge in [-0.15, -0.1) is 16.4 Å². The van der Waals surface area contributed by atoms with Crippen molar-refractivity contribution >= 4 is 63.9 Å². The molecule has 85 heavy (non-hydrogen) atoms. The van der Waals surface area contributed by atoms with Crippen LogP contribution in [0, 0.1) is 24.0 Å². The lowest BCUT2D eigenvalue weighted by Crippen LogP contribution is -2.58. The van der Waals surface area contributed by atoms with E-state index in [1.165, 1.54) is 23.1 Å². The molecule has 0 unspecified atom stereocenters. The van der Waals surface area contributed by atoms with Crippen LogP contribution < -0.4 is 26.6 Å². The molecule has 0 radical (unpaired) electrons. The first-order valence-corrected chi connectivity index (χ1v) is 28.9. The lowest BCUT2D eigenvalue weighted by atomic mass is 9.85. The van der Waals surface area contributed by atoms with Crippen LogP contribution in [-0.2, 0) is 54.8 Å². The number of aromatic nitrogens is 6. The van der Waals surface area contributed by atoms with E-state index in [1.54, 1.807) is 76.4 Å². The molecular formula is C60H66ClF2N13O8S. The Morgan fingerprint density at radius 1 is 0.882 bits per heavy atom. The molecule has 1 fully saturated rings. The van der Waals surface area contributed by atoms with Crippen LogP contribution in [0.3, 0.4) is 0 Å². The molecule has 0 spiro atoms. The Labute approximate surface area is 499 Å². The molecule has 21 nitrogen and oxygen atoms in total. The molecule has 0 bridgehead atoms. The monoisotopic (exact) mass is 1200 g/mol. The third-order valence-corrected chi connectivity index (χ3v) is 15.2. The first-order chi connectivity index (χ1) is 41.0. The number of nitrogens with one attached hydrogen (secondary N) is 5. The molecule has 446 valence electrons. The topological polar surface area (TPSA) is 261 Å². The molecule has 0 aliphatic carbocycles. The fourth-order valence-electron chi connectivity index (χ4n) is 9.62. The molecule has 2 aliphatic rings. The number of fused-ring (bicyclic) bond motifs is 3. The van der Waals surface area contributed by atoms with Crippen LogP contribution >= 0.6 is 22.9 Å². The molecule has 0 saturated carbocycles. The summed E-state index contributed by atoms with van der Waals surface area (Å²) in [6, 6.07) is 21.4. The number of rotatable bonds is 26. The summed E-state index contributed by atoms with van der Waals surface area (Å²) in [6.07, 6.45) is 2.59. The predicted molar refractivity (Wildman–Crippen MR) is 316 cm³/mol. The van der Waals surface area contributed by atoms with E-state index in [1.807, 2.05) is 52.0 Å². The minimum Gasteiger partial charge on any atom is -0.391 e. The van der Waals surface area contributed by atoms with E-state index in [0.717, 1.165) is 21.7 Å². The van der Waals surface area contributed by atoms with E-state index in [9.17, 15) is 33.1 Å². The fraction of sp³-hybridized carbons (Fsp3) is 0.367. The van der Waals surface area contributed by atoms with Gasteiger partial charge in [0.05, 0.1) is 91.5 Å². The average Bonchev–Trinajstić information content (AvgIpc) is 2.45. The lowest BCUT2D eigenvalue weighted by Gasteiger charge is -2.35. The summed E-state index contributed by atoms with van der Waals surface area (Å²) in [7, 11) is 0. The Bertz CT molecular complexity index is 3490. The van der Waals surface area contributed by atoms with Crippen molar-refractivity contribution < 1.29 is 47.3 Å². The highest BCUT2D eigenvalue weighted by molar-refractivity contribution is 7.13. The quantitative estimate of drug-likeness (QED) is 0.0313. The Morgan fingerprint density at radius 2 is 1.65 bits per heavy atom. The lowest BCUT2D eigenvalue weighted by molar-refractivity contribution is -0.144. The van der Waals surface area contributed by atoms with Gasteiger partial charge in [0.2, 0.25) is 23.7 Å². The van der Waals surface area contributed by atoms with Gasteiger partial charge >= 0.3 is 0 Å². The normalized spacial score (nSPS) is 15.1. The SMILES string of the molecule is Cc1ncsc1-c1ccc(CNC(=O)[C@@H]2C[C@@H](O)CN2C(=O)[C@@H](NC(=O)COCCNCCn2cc(COCCOCCNC(=O)c3ccc(Nc4ncc5c(n4)-c4ccc(Cl)cc4C(c4c(F)cccc4F)=NC5)cc3)nn2)C(C)(C)C)cc1. The van der Waals surface area contributed by atoms with Crippen molar-refractivity contribution in [3.8, 4) is 21.7 Å². The maximum Gasteiger partial charge on any atom is 0.251 e. The number of thiazole rings is 1. The number of carbonyl (C=O) groups excluding carboxylic acids is 4. The molecule has 2 aliphatic heterocycles. The average molecular weight is 1200 g/mol. The minimum atomic E-state index is -0.978. The smallest absolute Gasteiger partial charge is 0.251 e. The highest BCUT2D eigenvalue weighted by atomic mass is 35.5. The second-order valence-corrected chi connectivity index (χ2v) is 22.7. The molecule has 25 heteroatoms. The highest BCUT2D eigenvalue weighted by Crippen LogP contribution is 2.35. The van der Waals surface area contributed by atoms with Gasteiger partial charge in [0.1, 0.15) is 36.0 Å². The highest BCUT2D eigenvalue weighted by Gasteiger charge is 2.44. The van der Waals surface area contributed by atoms with Crippen molar-refractivity contribution in [3.63, 3.8) is 0 Å². The standard InChI is InChI=1S/C60H66ClF2N13O8S/c1-36-54(85-35-69-36)38-10-8-37(9-11-38)28-67-57(80)49-27-44(77)32-76(49)58(81)55(60(2,3)4)71-50(78)34-83-22-19-64-18-21-75-31-43(73-74-75)33-84-25-24-82-23-20-65-56(79)39-12-15-42(16-13-39)70-59-68-30-40-29-66-53(51-47(62)6-5-7-48(51)63)46-26-41(61)14-17-45(46)52(40)72-59/h5-17,26,30-31,35,44,49,55,64,77H,18-25,27-29,32-34H2,1-4H3,(H,65,79)(H,67,80)(H,71,78)(H,68,70,72)/t44-,49+,55-/m1/s1. The van der Waals surface area contributed by atoms with Crippen LogP contribution in [0.15, 0.2) is 108 Å². The number of aliphatic hydroxyl groups excluding tert-OH is 1. The van der Waals surface area contributed by atoms with Crippen LogP contribution in [0.25, 0.3) is 21.7 Å². The molecule has 4 aromatic carbocycles. The molecular weight excluding hydrogens is 1140 g/mol. The number of ether oxygens (including phenoxy) is 3. The molecule has 1 saturated heterocycles. The van der Waals surface area contributed by atoms with Crippen LogP contribution in [0.4, 0.5) is 20.4 Å². The number of carbonyl (C=O) groups is 4. The van der Waals surface area contributed by atoms with Crippen molar-refractivity contribution in [1.82, 2.24) is 56.1 Å². The zero-order valence-corrected chi connectivity index (χ0v) is 48.9. The number of amides is 4. The van der Waals surface area contributed by atoms with Gasteiger partial charge in [0.15, 0.2) is 0 Å². The van der Waals surface area contributed by atoms with Crippen molar-refractivity contribution in [2.24, 2.45) is 10.4 Å². The second kappa shape index (κ2) is 28.7. The number of aliphatic imine (C=N–C) groups is 1. The fourth-order valence-corrected chi connectivity index (χ4v) is 10.6. The van der Waals surface area contributed by atoms with E-state index in [-0.39, 0.29) is 88.1 Å². The van der Waals surface area contributed by atoms with Crippen molar-refractivity contribution in [1.29, 1.82) is 0 Å². The Morgan fingerprint density at radius 3 is 2.40 bits per heavy atom. The molecule has 3 atom stereocenters. The number of hydrogen-bond acceptors (Lipinski definition) is 17. The number of aliphatic hydroxyl groups is 1. The zero-order valence-electron chi connectivity index (χ0n) is 47.4. The Kier molecular flexibility index (Phi) is 20.8. The maximum atomic E-state index is 15.0. The van der Waals surface area contributed by atoms with E-state index < -0.39 is 47.1 Å². The number of β-amino-alcohol motifs (C(OH)–C–C–N with tert-alkyl or cyclic N) is 1. The van der Waals surface area contributed by atoms with Gasteiger partial charge in [-0.1, -0.05) is 74.0 Å². The summed E-state index contributed by atoms with van der Waals surface area (Å²) in [5.74, 6) is -2.83. The first kappa shape index (κ1) is 61.6. The van der Waals surface area contributed by atoms with Crippen LogP contribution in [0.5, 0.6) is 0 Å². The van der Waals surface area contributed by atoms with Crippen LogP contribution in [-0.4, -0.2) is 147 Å².